The van der Waals surface area contributed by atoms with Gasteiger partial charge in [-0.3, -0.25) is 10.1 Å². The van der Waals surface area contributed by atoms with Gasteiger partial charge in [0.1, 0.15) is 5.54 Å². The molecule has 0 saturated heterocycles. The Hall–Kier alpha value is -0.220. The van der Waals surface area contributed by atoms with Gasteiger partial charge in [-0.25, -0.2) is 0 Å². The maximum Gasteiger partial charge on any atom is 0.324 e. The van der Waals surface area contributed by atoms with Crippen molar-refractivity contribution in [1.82, 2.24) is 5.32 Å². The van der Waals surface area contributed by atoms with E-state index < -0.39 is 11.5 Å². The van der Waals surface area contributed by atoms with E-state index in [0.29, 0.717) is 17.7 Å². The summed E-state index contributed by atoms with van der Waals surface area (Å²) in [5.74, 6) is 1.65. The highest BCUT2D eigenvalue weighted by atomic mass is 32.2. The first-order valence-corrected chi connectivity index (χ1v) is 7.22. The van der Waals surface area contributed by atoms with Gasteiger partial charge >= 0.3 is 5.97 Å². The van der Waals surface area contributed by atoms with Crippen molar-refractivity contribution in [2.45, 2.75) is 51.6 Å². The minimum atomic E-state index is -0.751. The van der Waals surface area contributed by atoms with Crippen LogP contribution in [0.1, 0.15) is 40.0 Å². The van der Waals surface area contributed by atoms with Crippen molar-refractivity contribution in [3.8, 4) is 0 Å². The summed E-state index contributed by atoms with van der Waals surface area (Å²) in [4.78, 5) is 11.3. The van der Waals surface area contributed by atoms with Crippen molar-refractivity contribution in [1.29, 1.82) is 0 Å². The standard InChI is InChI=1S/C12H23NO2S/c1-4-9(2)7-16-8-12(3,11(14)15)13-10-5-6-10/h9-10,13H,4-8H2,1-3H3,(H,14,15). The molecule has 1 saturated carbocycles. The van der Waals surface area contributed by atoms with E-state index >= 15 is 0 Å². The van der Waals surface area contributed by atoms with Gasteiger partial charge in [-0.2, -0.15) is 11.8 Å². The summed E-state index contributed by atoms with van der Waals surface area (Å²) in [6, 6.07) is 0.435. The molecule has 1 rings (SSSR count). The molecule has 0 spiro atoms. The lowest BCUT2D eigenvalue weighted by Gasteiger charge is -2.26. The Morgan fingerprint density at radius 3 is 2.69 bits per heavy atom. The fourth-order valence-corrected chi connectivity index (χ4v) is 2.80. The summed E-state index contributed by atoms with van der Waals surface area (Å²) in [5.41, 5.74) is -0.751. The molecule has 0 amide bonds. The van der Waals surface area contributed by atoms with Gasteiger partial charge in [0.2, 0.25) is 0 Å². The third kappa shape index (κ3) is 4.34. The van der Waals surface area contributed by atoms with Crippen molar-refractivity contribution in [2.24, 2.45) is 5.92 Å². The zero-order chi connectivity index (χ0) is 12.2. The van der Waals surface area contributed by atoms with Crippen LogP contribution in [0.5, 0.6) is 0 Å². The van der Waals surface area contributed by atoms with E-state index in [1.165, 1.54) is 0 Å². The largest absolute Gasteiger partial charge is 0.480 e. The molecule has 1 fully saturated rings. The minimum absolute atomic E-state index is 0.435. The fourth-order valence-electron chi connectivity index (χ4n) is 1.43. The number of rotatable bonds is 8. The molecule has 0 heterocycles. The Bertz CT molecular complexity index is 243. The lowest BCUT2D eigenvalue weighted by molar-refractivity contribution is -0.143. The second-order valence-corrected chi connectivity index (χ2v) is 6.11. The average molecular weight is 245 g/mol. The Morgan fingerprint density at radius 1 is 1.62 bits per heavy atom. The van der Waals surface area contributed by atoms with Gasteiger partial charge in [0.05, 0.1) is 0 Å². The summed E-state index contributed by atoms with van der Waals surface area (Å²) >= 11 is 1.75. The van der Waals surface area contributed by atoms with Crippen molar-refractivity contribution < 1.29 is 9.90 Å². The normalized spacial score (nSPS) is 21.4. The lowest BCUT2D eigenvalue weighted by atomic mass is 10.1. The number of nitrogens with one attached hydrogen (secondary N) is 1. The summed E-state index contributed by atoms with van der Waals surface area (Å²) in [7, 11) is 0. The van der Waals surface area contributed by atoms with Gasteiger partial charge in [0, 0.05) is 11.8 Å². The molecule has 1 aliphatic carbocycles. The quantitative estimate of drug-likeness (QED) is 0.689. The number of carboxylic acids is 1. The van der Waals surface area contributed by atoms with Gasteiger partial charge in [0.15, 0.2) is 0 Å². The molecular weight excluding hydrogens is 222 g/mol. The Morgan fingerprint density at radius 2 is 2.25 bits per heavy atom. The van der Waals surface area contributed by atoms with Gasteiger partial charge < -0.3 is 5.11 Å². The first-order chi connectivity index (χ1) is 7.48. The third-order valence-electron chi connectivity index (χ3n) is 3.06. The monoisotopic (exact) mass is 245 g/mol. The van der Waals surface area contributed by atoms with E-state index in [0.717, 1.165) is 25.0 Å². The number of aliphatic carboxylic acids is 1. The molecule has 0 aromatic carbocycles. The maximum atomic E-state index is 11.3. The second-order valence-electron chi connectivity index (χ2n) is 5.08. The Balaban J connectivity index is 2.34. The minimum Gasteiger partial charge on any atom is -0.480 e. The molecule has 0 radical (unpaired) electrons. The predicted molar refractivity (Wildman–Crippen MR) is 69.0 cm³/mol. The molecule has 2 N–H and O–H groups in total. The molecule has 16 heavy (non-hydrogen) atoms. The number of hydrogen-bond donors (Lipinski definition) is 2. The summed E-state index contributed by atoms with van der Waals surface area (Å²) in [5, 5.41) is 12.5. The zero-order valence-corrected chi connectivity index (χ0v) is 11.3. The van der Waals surface area contributed by atoms with Crippen LogP contribution in [0.25, 0.3) is 0 Å². The topological polar surface area (TPSA) is 49.3 Å². The molecule has 0 bridgehead atoms. The smallest absolute Gasteiger partial charge is 0.324 e. The highest BCUT2D eigenvalue weighted by Gasteiger charge is 2.38. The van der Waals surface area contributed by atoms with Crippen LogP contribution in [-0.2, 0) is 4.79 Å². The van der Waals surface area contributed by atoms with E-state index in [9.17, 15) is 9.90 Å². The van der Waals surface area contributed by atoms with E-state index in [1.807, 2.05) is 0 Å². The average Bonchev–Trinajstić information content (AvgIpc) is 3.01. The molecule has 0 aromatic rings. The van der Waals surface area contributed by atoms with Crippen molar-refractivity contribution in [3.05, 3.63) is 0 Å². The van der Waals surface area contributed by atoms with Crippen molar-refractivity contribution >= 4 is 17.7 Å². The van der Waals surface area contributed by atoms with Gasteiger partial charge in [0.25, 0.3) is 0 Å². The van der Waals surface area contributed by atoms with Crippen LogP contribution >= 0.6 is 11.8 Å². The van der Waals surface area contributed by atoms with E-state index in [2.05, 4.69) is 19.2 Å². The van der Waals surface area contributed by atoms with Crippen LogP contribution in [0, 0.1) is 5.92 Å². The molecule has 0 aliphatic heterocycles. The van der Waals surface area contributed by atoms with E-state index in [1.54, 1.807) is 18.7 Å². The highest BCUT2D eigenvalue weighted by Crippen LogP contribution is 2.25. The van der Waals surface area contributed by atoms with Crippen molar-refractivity contribution in [2.75, 3.05) is 11.5 Å². The maximum absolute atomic E-state index is 11.3. The zero-order valence-electron chi connectivity index (χ0n) is 10.5. The molecule has 94 valence electrons. The Kier molecular flexibility index (Phi) is 5.12. The van der Waals surface area contributed by atoms with Gasteiger partial charge in [-0.1, -0.05) is 20.3 Å². The van der Waals surface area contributed by atoms with E-state index in [-0.39, 0.29) is 0 Å². The number of carboxylic acid groups (broad SMARTS) is 1. The van der Waals surface area contributed by atoms with Crippen LogP contribution in [0.3, 0.4) is 0 Å². The first kappa shape index (κ1) is 13.8. The highest BCUT2D eigenvalue weighted by molar-refractivity contribution is 7.99. The number of thioether (sulfide) groups is 1. The summed E-state index contributed by atoms with van der Waals surface area (Å²) < 4.78 is 0. The molecule has 2 atom stereocenters. The fraction of sp³-hybridized carbons (Fsp3) is 0.917. The first-order valence-electron chi connectivity index (χ1n) is 6.06. The van der Waals surface area contributed by atoms with Crippen LogP contribution in [0.15, 0.2) is 0 Å². The summed E-state index contributed by atoms with van der Waals surface area (Å²) in [6.45, 7) is 6.18. The SMILES string of the molecule is CCC(C)CSCC(C)(NC1CC1)C(=O)O. The van der Waals surface area contributed by atoms with E-state index in [4.69, 9.17) is 0 Å². The summed E-state index contributed by atoms with van der Waals surface area (Å²) in [6.07, 6.45) is 3.41. The predicted octanol–water partition coefficient (Wildman–Crippen LogP) is 2.36. The molecule has 1 aliphatic rings. The van der Waals surface area contributed by atoms with Crippen molar-refractivity contribution in [3.63, 3.8) is 0 Å². The molecular formula is C12H23NO2S. The molecule has 3 nitrogen and oxygen atoms in total. The lowest BCUT2D eigenvalue weighted by Crippen LogP contribution is -2.52. The number of hydrogen-bond acceptors (Lipinski definition) is 3. The second kappa shape index (κ2) is 5.92. The number of carbonyl (C=O) groups is 1. The molecule has 2 unspecified atom stereocenters. The Labute approximate surface area is 102 Å². The van der Waals surface area contributed by atoms with Crippen LogP contribution < -0.4 is 5.32 Å². The van der Waals surface area contributed by atoms with Gasteiger partial charge in [-0.15, -0.1) is 0 Å². The van der Waals surface area contributed by atoms with Crippen LogP contribution in [0.2, 0.25) is 0 Å². The van der Waals surface area contributed by atoms with Crippen LogP contribution in [0.4, 0.5) is 0 Å². The molecule has 0 aromatic heterocycles. The molecule has 4 heteroatoms. The van der Waals surface area contributed by atoms with Gasteiger partial charge in [-0.05, 0) is 31.4 Å². The van der Waals surface area contributed by atoms with Crippen LogP contribution in [-0.4, -0.2) is 34.2 Å². The third-order valence-corrected chi connectivity index (χ3v) is 4.65.